The van der Waals surface area contributed by atoms with Gasteiger partial charge in [0.2, 0.25) is 0 Å². The summed E-state index contributed by atoms with van der Waals surface area (Å²) in [5.74, 6) is -0.335. The summed E-state index contributed by atoms with van der Waals surface area (Å²) in [6.07, 6.45) is -0.556. The molecule has 0 aromatic carbocycles. The van der Waals surface area contributed by atoms with Gasteiger partial charge in [0, 0.05) is 19.1 Å². The fourth-order valence-corrected chi connectivity index (χ4v) is 1.25. The summed E-state index contributed by atoms with van der Waals surface area (Å²) in [6.45, 7) is 3.53. The van der Waals surface area contributed by atoms with Crippen molar-refractivity contribution >= 4 is 5.97 Å². The van der Waals surface area contributed by atoms with E-state index in [0.29, 0.717) is 11.5 Å². The number of hydrogen-bond acceptors (Lipinski definition) is 4. The Hall–Kier alpha value is -1.36. The van der Waals surface area contributed by atoms with Crippen LogP contribution in [0.2, 0.25) is 0 Å². The molecule has 0 bridgehead atoms. The molecular formula is C9H13NO4. The van der Waals surface area contributed by atoms with E-state index in [0.717, 1.165) is 5.56 Å². The normalized spacial score (nSPS) is 12.8. The number of aryl methyl sites for hydroxylation is 2. The fourth-order valence-electron chi connectivity index (χ4n) is 1.25. The van der Waals surface area contributed by atoms with Crippen LogP contribution >= 0.6 is 0 Å². The number of nitrogens with zero attached hydrogens (tertiary/aromatic N) is 1. The van der Waals surface area contributed by atoms with Crippen molar-refractivity contribution in [1.82, 2.24) is 5.16 Å². The number of carboxylic acid groups (broad SMARTS) is 1. The number of rotatable bonds is 4. The predicted molar refractivity (Wildman–Crippen MR) is 48.1 cm³/mol. The minimum absolute atomic E-state index is 0.285. The highest BCUT2D eigenvalue weighted by Gasteiger charge is 2.21. The van der Waals surface area contributed by atoms with Crippen LogP contribution in [0.15, 0.2) is 4.52 Å². The van der Waals surface area contributed by atoms with E-state index in [1.54, 1.807) is 13.8 Å². The molecule has 0 aliphatic rings. The molecule has 0 amide bonds. The Morgan fingerprint density at radius 3 is 2.64 bits per heavy atom. The van der Waals surface area contributed by atoms with Gasteiger partial charge >= 0.3 is 5.97 Å². The smallest absolute Gasteiger partial charge is 0.333 e. The molecule has 1 aromatic rings. The first-order chi connectivity index (χ1) is 6.56. The summed E-state index contributed by atoms with van der Waals surface area (Å²) in [5, 5.41) is 12.5. The second-order valence-corrected chi connectivity index (χ2v) is 3.07. The minimum atomic E-state index is -0.979. The Bertz CT molecular complexity index is 312. The van der Waals surface area contributed by atoms with Gasteiger partial charge in [-0.15, -0.1) is 0 Å². The highest BCUT2D eigenvalue weighted by Crippen LogP contribution is 2.15. The molecule has 78 valence electrons. The van der Waals surface area contributed by atoms with Gasteiger partial charge in [0.1, 0.15) is 5.76 Å². The quantitative estimate of drug-likeness (QED) is 0.781. The first kappa shape index (κ1) is 10.7. The maximum Gasteiger partial charge on any atom is 0.333 e. The molecule has 0 saturated heterocycles. The molecule has 0 saturated carbocycles. The molecule has 1 atom stereocenters. The van der Waals surface area contributed by atoms with Crippen molar-refractivity contribution in [2.75, 3.05) is 7.11 Å². The predicted octanol–water partition coefficient (Wildman–Crippen LogP) is 0.934. The van der Waals surface area contributed by atoms with Crippen LogP contribution in [0.5, 0.6) is 0 Å². The molecule has 0 aliphatic carbocycles. The lowest BCUT2D eigenvalue weighted by atomic mass is 10.1. The highest BCUT2D eigenvalue weighted by atomic mass is 16.5. The molecule has 14 heavy (non-hydrogen) atoms. The van der Waals surface area contributed by atoms with Crippen molar-refractivity contribution in [2.24, 2.45) is 0 Å². The van der Waals surface area contributed by atoms with Crippen LogP contribution in [-0.4, -0.2) is 29.4 Å². The second kappa shape index (κ2) is 4.23. The van der Waals surface area contributed by atoms with Gasteiger partial charge in [0.05, 0.1) is 5.69 Å². The molecule has 1 N–H and O–H groups in total. The van der Waals surface area contributed by atoms with Crippen molar-refractivity contribution in [3.05, 3.63) is 17.0 Å². The maximum absolute atomic E-state index is 10.7. The monoisotopic (exact) mass is 199 g/mol. The number of aliphatic carboxylic acids is 1. The van der Waals surface area contributed by atoms with E-state index >= 15 is 0 Å². The minimum Gasteiger partial charge on any atom is -0.479 e. The number of carboxylic acids is 1. The molecule has 0 aliphatic heterocycles. The SMILES string of the molecule is COC(Cc1c(C)noc1C)C(=O)O. The Kier molecular flexibility index (Phi) is 3.24. The van der Waals surface area contributed by atoms with Crippen LogP contribution in [-0.2, 0) is 16.0 Å². The standard InChI is InChI=1S/C9H13NO4/c1-5-7(6(2)14-10-5)4-8(13-3)9(11)12/h8H,4H2,1-3H3,(H,11,12). The Labute approximate surface area is 81.7 Å². The van der Waals surface area contributed by atoms with Gasteiger partial charge in [-0.05, 0) is 13.8 Å². The fraction of sp³-hybridized carbons (Fsp3) is 0.556. The van der Waals surface area contributed by atoms with Crippen molar-refractivity contribution in [1.29, 1.82) is 0 Å². The first-order valence-electron chi connectivity index (χ1n) is 4.23. The number of carbonyl (C=O) groups is 1. The number of methoxy groups -OCH3 is 1. The van der Waals surface area contributed by atoms with E-state index in [-0.39, 0.29) is 6.42 Å². The Balaban J connectivity index is 2.81. The summed E-state index contributed by atoms with van der Waals surface area (Å²) in [4.78, 5) is 10.7. The average Bonchev–Trinajstić information content (AvgIpc) is 2.43. The highest BCUT2D eigenvalue weighted by molar-refractivity contribution is 5.72. The van der Waals surface area contributed by atoms with Crippen LogP contribution < -0.4 is 0 Å². The van der Waals surface area contributed by atoms with E-state index in [2.05, 4.69) is 5.16 Å². The molecule has 1 rings (SSSR count). The van der Waals surface area contributed by atoms with Gasteiger partial charge in [-0.2, -0.15) is 0 Å². The van der Waals surface area contributed by atoms with Gasteiger partial charge in [-0.3, -0.25) is 0 Å². The van der Waals surface area contributed by atoms with Crippen molar-refractivity contribution in [2.45, 2.75) is 26.4 Å². The molecule has 1 unspecified atom stereocenters. The molecular weight excluding hydrogens is 186 g/mol. The number of ether oxygens (including phenoxy) is 1. The molecule has 0 radical (unpaired) electrons. The molecule has 1 heterocycles. The van der Waals surface area contributed by atoms with Gasteiger partial charge in [-0.25, -0.2) is 4.79 Å². The van der Waals surface area contributed by atoms with Gasteiger partial charge in [-0.1, -0.05) is 5.16 Å². The number of hydrogen-bond donors (Lipinski definition) is 1. The molecule has 5 nitrogen and oxygen atoms in total. The maximum atomic E-state index is 10.7. The van der Waals surface area contributed by atoms with E-state index in [4.69, 9.17) is 14.4 Å². The van der Waals surface area contributed by atoms with Gasteiger partial charge in [0.25, 0.3) is 0 Å². The van der Waals surface area contributed by atoms with E-state index in [9.17, 15) is 4.79 Å². The topological polar surface area (TPSA) is 72.6 Å². The van der Waals surface area contributed by atoms with Gasteiger partial charge in [0.15, 0.2) is 6.10 Å². The summed E-state index contributed by atoms with van der Waals surface area (Å²) in [7, 11) is 1.37. The first-order valence-corrected chi connectivity index (χ1v) is 4.23. The molecule has 1 aromatic heterocycles. The van der Waals surface area contributed by atoms with Crippen LogP contribution in [0.25, 0.3) is 0 Å². The van der Waals surface area contributed by atoms with E-state index in [1.165, 1.54) is 7.11 Å². The second-order valence-electron chi connectivity index (χ2n) is 3.07. The third kappa shape index (κ3) is 2.11. The average molecular weight is 199 g/mol. The van der Waals surface area contributed by atoms with Crippen LogP contribution in [0.3, 0.4) is 0 Å². The lowest BCUT2D eigenvalue weighted by molar-refractivity contribution is -0.148. The Morgan fingerprint density at radius 1 is 1.64 bits per heavy atom. The lowest BCUT2D eigenvalue weighted by Crippen LogP contribution is -2.25. The summed E-state index contributed by atoms with van der Waals surface area (Å²) < 4.78 is 9.75. The zero-order chi connectivity index (χ0) is 10.7. The molecule has 5 heteroatoms. The summed E-state index contributed by atoms with van der Waals surface area (Å²) in [5.41, 5.74) is 1.52. The van der Waals surface area contributed by atoms with Crippen LogP contribution in [0, 0.1) is 13.8 Å². The number of aromatic nitrogens is 1. The van der Waals surface area contributed by atoms with Crippen LogP contribution in [0.4, 0.5) is 0 Å². The van der Waals surface area contributed by atoms with Crippen molar-refractivity contribution in [3.8, 4) is 0 Å². The van der Waals surface area contributed by atoms with E-state index < -0.39 is 12.1 Å². The van der Waals surface area contributed by atoms with Crippen LogP contribution in [0.1, 0.15) is 17.0 Å². The zero-order valence-corrected chi connectivity index (χ0v) is 8.40. The molecule has 0 fully saturated rings. The van der Waals surface area contributed by atoms with Gasteiger partial charge < -0.3 is 14.4 Å². The summed E-state index contributed by atoms with van der Waals surface area (Å²) >= 11 is 0. The Morgan fingerprint density at radius 2 is 2.29 bits per heavy atom. The van der Waals surface area contributed by atoms with E-state index in [1.807, 2.05) is 0 Å². The zero-order valence-electron chi connectivity index (χ0n) is 8.40. The lowest BCUT2D eigenvalue weighted by Gasteiger charge is -2.09. The van der Waals surface area contributed by atoms with Crippen molar-refractivity contribution in [3.63, 3.8) is 0 Å². The third-order valence-electron chi connectivity index (χ3n) is 2.13. The summed E-state index contributed by atoms with van der Waals surface area (Å²) in [6, 6.07) is 0. The third-order valence-corrected chi connectivity index (χ3v) is 2.13. The van der Waals surface area contributed by atoms with Crippen molar-refractivity contribution < 1.29 is 19.2 Å². The molecule has 0 spiro atoms. The largest absolute Gasteiger partial charge is 0.479 e.